The number of fused-ring (bicyclic) bond motifs is 1. The van der Waals surface area contributed by atoms with Crippen molar-refractivity contribution >= 4 is 33.2 Å². The molecular weight excluding hydrogens is 190 g/mol. The van der Waals surface area contributed by atoms with Gasteiger partial charge in [-0.25, -0.2) is 0 Å². The second-order valence-electron chi connectivity index (χ2n) is 2.35. The third-order valence-corrected chi connectivity index (χ3v) is 3.53. The summed E-state index contributed by atoms with van der Waals surface area (Å²) in [5.74, 6) is 0. The first-order chi connectivity index (χ1) is 5.83. The lowest BCUT2D eigenvalue weighted by Crippen LogP contribution is -2.03. The molecule has 2 nitrogen and oxygen atoms in total. The molecule has 12 heavy (non-hydrogen) atoms. The first kappa shape index (κ1) is 7.89. The number of thioether (sulfide) groups is 1. The summed E-state index contributed by atoms with van der Waals surface area (Å²) in [6.45, 7) is 0. The van der Waals surface area contributed by atoms with Crippen molar-refractivity contribution in [2.24, 2.45) is 0 Å². The van der Waals surface area contributed by atoms with Crippen molar-refractivity contribution in [1.29, 1.82) is 0 Å². The Bertz CT molecular complexity index is 457. The molecule has 1 N–H and O–H groups in total. The summed E-state index contributed by atoms with van der Waals surface area (Å²) in [6.07, 6.45) is 3.78. The molecule has 0 bridgehead atoms. The zero-order chi connectivity index (χ0) is 8.55. The number of aromatic amines is 1. The standard InChI is InChI=1S/C8H7NOS2/c1-11-6-4-9-8(10)5-2-3-12-7(5)6/h2-4H,1H3,(H,9,10). The number of pyridine rings is 1. The quantitative estimate of drug-likeness (QED) is 0.712. The SMILES string of the molecule is CSc1c[nH]c(=O)c2ccsc12. The number of aromatic nitrogens is 1. The van der Waals surface area contributed by atoms with Crippen LogP contribution in [0.5, 0.6) is 0 Å². The summed E-state index contributed by atoms with van der Waals surface area (Å²) in [4.78, 5) is 15.1. The van der Waals surface area contributed by atoms with Gasteiger partial charge in [0.1, 0.15) is 0 Å². The highest BCUT2D eigenvalue weighted by molar-refractivity contribution is 7.99. The van der Waals surface area contributed by atoms with E-state index in [9.17, 15) is 4.79 Å². The summed E-state index contributed by atoms with van der Waals surface area (Å²) >= 11 is 3.26. The number of thiophene rings is 1. The van der Waals surface area contributed by atoms with Gasteiger partial charge in [0.05, 0.1) is 10.1 Å². The normalized spacial score (nSPS) is 10.8. The minimum Gasteiger partial charge on any atom is -0.327 e. The molecule has 0 aromatic carbocycles. The van der Waals surface area contributed by atoms with Crippen LogP contribution in [0.25, 0.3) is 10.1 Å². The van der Waals surface area contributed by atoms with E-state index in [-0.39, 0.29) is 5.56 Å². The highest BCUT2D eigenvalue weighted by Crippen LogP contribution is 2.27. The van der Waals surface area contributed by atoms with E-state index < -0.39 is 0 Å². The molecule has 0 aliphatic carbocycles. The maximum Gasteiger partial charge on any atom is 0.256 e. The summed E-state index contributed by atoms with van der Waals surface area (Å²) < 4.78 is 1.09. The minimum atomic E-state index is 0.00375. The van der Waals surface area contributed by atoms with Crippen LogP contribution in [0.2, 0.25) is 0 Å². The summed E-state index contributed by atoms with van der Waals surface area (Å²) in [6, 6.07) is 1.86. The van der Waals surface area contributed by atoms with Crippen LogP contribution in [0, 0.1) is 0 Å². The molecule has 0 aliphatic heterocycles. The van der Waals surface area contributed by atoms with Crippen LogP contribution in [-0.4, -0.2) is 11.2 Å². The Morgan fingerprint density at radius 1 is 1.58 bits per heavy atom. The minimum absolute atomic E-state index is 0.00375. The van der Waals surface area contributed by atoms with E-state index in [1.807, 2.05) is 17.7 Å². The Morgan fingerprint density at radius 3 is 3.17 bits per heavy atom. The van der Waals surface area contributed by atoms with Gasteiger partial charge in [0.25, 0.3) is 5.56 Å². The third-order valence-electron chi connectivity index (χ3n) is 1.69. The molecule has 0 unspecified atom stereocenters. The number of rotatable bonds is 1. The molecule has 0 spiro atoms. The van der Waals surface area contributed by atoms with Crippen LogP contribution in [0.3, 0.4) is 0 Å². The molecule has 0 saturated heterocycles. The Balaban J connectivity index is 2.92. The van der Waals surface area contributed by atoms with Crippen molar-refractivity contribution in [1.82, 2.24) is 4.98 Å². The van der Waals surface area contributed by atoms with Crippen LogP contribution in [0.15, 0.2) is 27.3 Å². The van der Waals surface area contributed by atoms with Gasteiger partial charge in [0, 0.05) is 11.1 Å². The van der Waals surface area contributed by atoms with Gasteiger partial charge >= 0.3 is 0 Å². The molecule has 0 saturated carbocycles. The zero-order valence-electron chi connectivity index (χ0n) is 6.46. The van der Waals surface area contributed by atoms with E-state index in [4.69, 9.17) is 0 Å². The summed E-state index contributed by atoms with van der Waals surface area (Å²) in [7, 11) is 0. The molecule has 0 atom stereocenters. The van der Waals surface area contributed by atoms with E-state index in [1.165, 1.54) is 0 Å². The van der Waals surface area contributed by atoms with Crippen LogP contribution >= 0.6 is 23.1 Å². The molecule has 0 aliphatic rings. The van der Waals surface area contributed by atoms with Crippen LogP contribution < -0.4 is 5.56 Å². The van der Waals surface area contributed by atoms with Crippen LogP contribution in [-0.2, 0) is 0 Å². The highest BCUT2D eigenvalue weighted by atomic mass is 32.2. The van der Waals surface area contributed by atoms with E-state index in [1.54, 1.807) is 29.3 Å². The Kier molecular flexibility index (Phi) is 1.94. The number of hydrogen-bond acceptors (Lipinski definition) is 3. The lowest BCUT2D eigenvalue weighted by molar-refractivity contribution is 1.23. The van der Waals surface area contributed by atoms with Crippen LogP contribution in [0.1, 0.15) is 0 Å². The highest BCUT2D eigenvalue weighted by Gasteiger charge is 2.03. The smallest absolute Gasteiger partial charge is 0.256 e. The maximum absolute atomic E-state index is 11.2. The lowest BCUT2D eigenvalue weighted by atomic mass is 10.3. The molecule has 2 aromatic rings. The molecule has 62 valence electrons. The second-order valence-corrected chi connectivity index (χ2v) is 4.11. The predicted molar refractivity (Wildman–Crippen MR) is 54.2 cm³/mol. The number of nitrogens with one attached hydrogen (secondary N) is 1. The third kappa shape index (κ3) is 1.07. The van der Waals surface area contributed by atoms with Crippen molar-refractivity contribution < 1.29 is 0 Å². The predicted octanol–water partition coefficient (Wildman–Crippen LogP) is 2.31. The molecule has 4 heteroatoms. The maximum atomic E-state index is 11.2. The van der Waals surface area contributed by atoms with Gasteiger partial charge in [0.2, 0.25) is 0 Å². The van der Waals surface area contributed by atoms with Crippen molar-refractivity contribution in [2.75, 3.05) is 6.26 Å². The first-order valence-corrected chi connectivity index (χ1v) is 5.56. The van der Waals surface area contributed by atoms with Crippen molar-refractivity contribution in [2.45, 2.75) is 4.90 Å². The van der Waals surface area contributed by atoms with Gasteiger partial charge in [-0.2, -0.15) is 0 Å². The van der Waals surface area contributed by atoms with Crippen molar-refractivity contribution in [3.63, 3.8) is 0 Å². The van der Waals surface area contributed by atoms with E-state index in [0.29, 0.717) is 0 Å². The summed E-state index contributed by atoms with van der Waals surface area (Å²) in [5.41, 5.74) is 0.00375. The molecule has 2 heterocycles. The lowest BCUT2D eigenvalue weighted by Gasteiger charge is -1.95. The average molecular weight is 197 g/mol. The van der Waals surface area contributed by atoms with Gasteiger partial charge in [-0.15, -0.1) is 23.1 Å². The zero-order valence-corrected chi connectivity index (χ0v) is 8.09. The number of H-pyrrole nitrogens is 1. The van der Waals surface area contributed by atoms with Crippen molar-refractivity contribution in [3.05, 3.63) is 28.0 Å². The molecule has 2 rings (SSSR count). The second kappa shape index (κ2) is 2.95. The van der Waals surface area contributed by atoms with Gasteiger partial charge in [-0.3, -0.25) is 4.79 Å². The fourth-order valence-electron chi connectivity index (χ4n) is 1.10. The topological polar surface area (TPSA) is 32.9 Å². The Hall–Kier alpha value is -0.740. The molecular formula is C8H7NOS2. The first-order valence-electron chi connectivity index (χ1n) is 3.46. The number of hydrogen-bond donors (Lipinski definition) is 1. The molecule has 0 amide bonds. The fourth-order valence-corrected chi connectivity index (χ4v) is 2.77. The fraction of sp³-hybridized carbons (Fsp3) is 0.125. The van der Waals surface area contributed by atoms with E-state index in [2.05, 4.69) is 4.98 Å². The average Bonchev–Trinajstić information content (AvgIpc) is 2.54. The van der Waals surface area contributed by atoms with Gasteiger partial charge < -0.3 is 4.98 Å². The Morgan fingerprint density at radius 2 is 2.42 bits per heavy atom. The van der Waals surface area contributed by atoms with Gasteiger partial charge in [-0.05, 0) is 17.7 Å². The van der Waals surface area contributed by atoms with Gasteiger partial charge in [0.15, 0.2) is 0 Å². The van der Waals surface area contributed by atoms with E-state index in [0.717, 1.165) is 15.0 Å². The van der Waals surface area contributed by atoms with Crippen molar-refractivity contribution in [3.8, 4) is 0 Å². The molecule has 0 fully saturated rings. The van der Waals surface area contributed by atoms with Crippen LogP contribution in [0.4, 0.5) is 0 Å². The van der Waals surface area contributed by atoms with E-state index >= 15 is 0 Å². The molecule has 2 aromatic heterocycles. The summed E-state index contributed by atoms with van der Waals surface area (Å²) in [5, 5.41) is 2.74. The molecule has 0 radical (unpaired) electrons. The van der Waals surface area contributed by atoms with Gasteiger partial charge in [-0.1, -0.05) is 0 Å². The monoisotopic (exact) mass is 197 g/mol. The largest absolute Gasteiger partial charge is 0.327 e. The Labute approximate surface area is 77.6 Å².